The molecule has 0 saturated heterocycles. The highest BCUT2D eigenvalue weighted by Crippen LogP contribution is 2.05. The number of hydrogen-bond donors (Lipinski definition) is 3. The van der Waals surface area contributed by atoms with Crippen molar-refractivity contribution in [1.82, 2.24) is 5.32 Å². The normalized spacial score (nSPS) is 24.8. The first-order chi connectivity index (χ1) is 4.74. The monoisotopic (exact) mass is 140 g/mol. The van der Waals surface area contributed by atoms with E-state index < -0.39 is 0 Å². The summed E-state index contributed by atoms with van der Waals surface area (Å²) >= 11 is 0. The van der Waals surface area contributed by atoms with Gasteiger partial charge in [-0.2, -0.15) is 0 Å². The molecule has 0 amide bonds. The van der Waals surface area contributed by atoms with Crippen LogP contribution >= 0.6 is 0 Å². The summed E-state index contributed by atoms with van der Waals surface area (Å²) < 4.78 is 0. The van der Waals surface area contributed by atoms with E-state index in [0.29, 0.717) is 5.82 Å². The predicted molar refractivity (Wildman–Crippen MR) is 40.0 cm³/mol. The predicted octanol–water partition coefficient (Wildman–Crippen LogP) is -0.303. The summed E-state index contributed by atoms with van der Waals surface area (Å²) in [6.07, 6.45) is 3.80. The topological polar surface area (TPSA) is 58.3 Å². The lowest BCUT2D eigenvalue weighted by Gasteiger charge is -2.18. The molecule has 1 aliphatic rings. The van der Waals surface area contributed by atoms with E-state index in [1.807, 2.05) is 19.1 Å². The van der Waals surface area contributed by atoms with E-state index in [-0.39, 0.29) is 12.6 Å². The Morgan fingerprint density at radius 3 is 3.00 bits per heavy atom. The minimum atomic E-state index is 0.00204. The summed E-state index contributed by atoms with van der Waals surface area (Å²) in [7, 11) is 0. The van der Waals surface area contributed by atoms with Crippen molar-refractivity contribution in [3.63, 3.8) is 0 Å². The van der Waals surface area contributed by atoms with Crippen molar-refractivity contribution in [3.8, 4) is 0 Å². The minimum absolute atomic E-state index is 0.00204. The third kappa shape index (κ3) is 1.30. The molecule has 0 aromatic heterocycles. The third-order valence-electron chi connectivity index (χ3n) is 1.49. The minimum Gasteiger partial charge on any atom is -0.392 e. The highest BCUT2D eigenvalue weighted by molar-refractivity contribution is 5.28. The van der Waals surface area contributed by atoms with Gasteiger partial charge in [-0.1, -0.05) is 12.2 Å². The van der Waals surface area contributed by atoms with Crippen LogP contribution in [0, 0.1) is 0 Å². The summed E-state index contributed by atoms with van der Waals surface area (Å²) in [5.74, 6) is 0.581. The van der Waals surface area contributed by atoms with Crippen molar-refractivity contribution < 1.29 is 5.11 Å². The second-order valence-electron chi connectivity index (χ2n) is 2.39. The van der Waals surface area contributed by atoms with Crippen molar-refractivity contribution in [1.29, 1.82) is 0 Å². The molecule has 1 aliphatic heterocycles. The lowest BCUT2D eigenvalue weighted by Crippen LogP contribution is -2.32. The molecule has 0 bridgehead atoms. The van der Waals surface area contributed by atoms with Crippen molar-refractivity contribution in [2.75, 3.05) is 6.61 Å². The van der Waals surface area contributed by atoms with Crippen LogP contribution in [0.15, 0.2) is 23.5 Å². The fourth-order valence-corrected chi connectivity index (χ4v) is 0.874. The fourth-order valence-electron chi connectivity index (χ4n) is 0.874. The van der Waals surface area contributed by atoms with E-state index in [2.05, 4.69) is 5.32 Å². The number of dihydropyridines is 1. The van der Waals surface area contributed by atoms with Gasteiger partial charge in [0.05, 0.1) is 6.61 Å². The van der Waals surface area contributed by atoms with Gasteiger partial charge >= 0.3 is 0 Å². The van der Waals surface area contributed by atoms with Crippen LogP contribution in [0.25, 0.3) is 0 Å². The standard InChI is InChI=1S/C7H12N2O/c1-5-2-3-6(4-10)7(8)9-5/h2-3,5,9-10H,4,8H2,1H3. The molecule has 0 aliphatic carbocycles. The average molecular weight is 140 g/mol. The number of aliphatic hydroxyl groups is 1. The van der Waals surface area contributed by atoms with Crippen LogP contribution in [0.2, 0.25) is 0 Å². The van der Waals surface area contributed by atoms with E-state index in [1.54, 1.807) is 0 Å². The number of rotatable bonds is 1. The van der Waals surface area contributed by atoms with E-state index in [4.69, 9.17) is 10.8 Å². The van der Waals surface area contributed by atoms with Gasteiger partial charge in [0.1, 0.15) is 5.82 Å². The highest BCUT2D eigenvalue weighted by Gasteiger charge is 2.06. The van der Waals surface area contributed by atoms with Gasteiger partial charge in [0.15, 0.2) is 0 Å². The number of nitrogens with one attached hydrogen (secondary N) is 1. The molecule has 1 heterocycles. The summed E-state index contributed by atoms with van der Waals surface area (Å²) in [5.41, 5.74) is 6.30. The van der Waals surface area contributed by atoms with Crippen molar-refractivity contribution in [2.45, 2.75) is 13.0 Å². The Labute approximate surface area is 60.2 Å². The third-order valence-corrected chi connectivity index (χ3v) is 1.49. The molecule has 56 valence electrons. The van der Waals surface area contributed by atoms with Crippen LogP contribution in [0.4, 0.5) is 0 Å². The van der Waals surface area contributed by atoms with Crippen molar-refractivity contribution in [3.05, 3.63) is 23.5 Å². The van der Waals surface area contributed by atoms with Crippen LogP contribution in [0.5, 0.6) is 0 Å². The number of nitrogens with two attached hydrogens (primary N) is 1. The molecule has 1 unspecified atom stereocenters. The number of hydrogen-bond acceptors (Lipinski definition) is 3. The molecule has 0 fully saturated rings. The zero-order valence-corrected chi connectivity index (χ0v) is 5.96. The molecule has 0 radical (unpaired) electrons. The Bertz CT molecular complexity index is 184. The average Bonchev–Trinajstić information content (AvgIpc) is 1.88. The maximum atomic E-state index is 8.72. The van der Waals surface area contributed by atoms with Crippen LogP contribution in [-0.4, -0.2) is 17.8 Å². The van der Waals surface area contributed by atoms with Crippen molar-refractivity contribution >= 4 is 0 Å². The highest BCUT2D eigenvalue weighted by atomic mass is 16.3. The second-order valence-corrected chi connectivity index (χ2v) is 2.39. The van der Waals surface area contributed by atoms with Crippen molar-refractivity contribution in [2.24, 2.45) is 5.73 Å². The molecule has 4 N–H and O–H groups in total. The Hall–Kier alpha value is -0.960. The Morgan fingerprint density at radius 2 is 2.50 bits per heavy atom. The molecule has 0 aromatic carbocycles. The SMILES string of the molecule is CC1C=CC(CO)=C(N)N1. The van der Waals surface area contributed by atoms with Gasteiger partial charge in [-0.15, -0.1) is 0 Å². The first-order valence-electron chi connectivity index (χ1n) is 3.28. The zero-order chi connectivity index (χ0) is 7.56. The molecule has 10 heavy (non-hydrogen) atoms. The summed E-state index contributed by atoms with van der Waals surface area (Å²) in [5, 5.41) is 11.7. The fraction of sp³-hybridized carbons (Fsp3) is 0.429. The molecular weight excluding hydrogens is 128 g/mol. The molecule has 3 nitrogen and oxygen atoms in total. The van der Waals surface area contributed by atoms with Gasteiger partial charge in [0.2, 0.25) is 0 Å². The van der Waals surface area contributed by atoms with E-state index in [0.717, 1.165) is 5.57 Å². The molecule has 3 heteroatoms. The van der Waals surface area contributed by atoms with Gasteiger partial charge in [0, 0.05) is 11.6 Å². The first-order valence-corrected chi connectivity index (χ1v) is 3.28. The molecule has 0 saturated carbocycles. The Morgan fingerprint density at radius 1 is 1.80 bits per heavy atom. The lowest BCUT2D eigenvalue weighted by atomic mass is 10.1. The molecule has 0 aromatic rings. The van der Waals surface area contributed by atoms with Crippen LogP contribution in [-0.2, 0) is 0 Å². The Balaban J connectivity index is 2.73. The van der Waals surface area contributed by atoms with Gasteiger partial charge in [0.25, 0.3) is 0 Å². The maximum Gasteiger partial charge on any atom is 0.102 e. The van der Waals surface area contributed by atoms with Gasteiger partial charge < -0.3 is 16.2 Å². The second kappa shape index (κ2) is 2.75. The molecule has 1 atom stereocenters. The van der Waals surface area contributed by atoms with E-state index >= 15 is 0 Å². The summed E-state index contributed by atoms with van der Waals surface area (Å²) in [6, 6.07) is 0.273. The quantitative estimate of drug-likeness (QED) is 0.468. The van der Waals surface area contributed by atoms with Gasteiger partial charge in [-0.25, -0.2) is 0 Å². The van der Waals surface area contributed by atoms with Gasteiger partial charge in [-0.3, -0.25) is 0 Å². The largest absolute Gasteiger partial charge is 0.392 e. The zero-order valence-electron chi connectivity index (χ0n) is 5.96. The van der Waals surface area contributed by atoms with Crippen LogP contribution in [0.3, 0.4) is 0 Å². The first kappa shape index (κ1) is 7.15. The van der Waals surface area contributed by atoms with Crippen LogP contribution < -0.4 is 11.1 Å². The maximum absolute atomic E-state index is 8.72. The molecule has 1 rings (SSSR count). The summed E-state index contributed by atoms with van der Waals surface area (Å²) in [4.78, 5) is 0. The Kier molecular flexibility index (Phi) is 1.97. The molecule has 0 spiro atoms. The smallest absolute Gasteiger partial charge is 0.102 e. The van der Waals surface area contributed by atoms with E-state index in [9.17, 15) is 0 Å². The number of aliphatic hydroxyl groups excluding tert-OH is 1. The van der Waals surface area contributed by atoms with Gasteiger partial charge in [-0.05, 0) is 6.92 Å². The lowest BCUT2D eigenvalue weighted by molar-refractivity contribution is 0.331. The van der Waals surface area contributed by atoms with E-state index in [1.165, 1.54) is 0 Å². The summed E-state index contributed by atoms with van der Waals surface area (Å²) in [6.45, 7) is 2.00. The van der Waals surface area contributed by atoms with Crippen LogP contribution in [0.1, 0.15) is 6.92 Å². The molecular formula is C7H12N2O.